The monoisotopic (exact) mass is 744 g/mol. The number of hydrogen-bond donors (Lipinski definition) is 0. The van der Waals surface area contributed by atoms with Gasteiger partial charge in [0.2, 0.25) is 0 Å². The molecule has 0 bridgehead atoms. The number of rotatable bonds is 8. The minimum Gasteiger partial charge on any atom is -0.311 e. The lowest BCUT2D eigenvalue weighted by atomic mass is 9.89. The molecule has 0 aliphatic rings. The van der Waals surface area contributed by atoms with Gasteiger partial charge in [0, 0.05) is 17.1 Å². The summed E-state index contributed by atoms with van der Waals surface area (Å²) in [5.74, 6) is 0. The van der Waals surface area contributed by atoms with Gasteiger partial charge in [-0.25, -0.2) is 0 Å². The Morgan fingerprint density at radius 1 is 0.316 bits per heavy atom. The first-order valence-electron chi connectivity index (χ1n) is 27.6. The zero-order valence-electron chi connectivity index (χ0n) is 49.0. The van der Waals surface area contributed by atoms with Crippen molar-refractivity contribution in [3.05, 3.63) is 236 Å². The quantitative estimate of drug-likeness (QED) is 0.150. The average Bonchev–Trinajstić information content (AvgIpc) is 3.54. The molecule has 1 nitrogen and oxygen atoms in total. The lowest BCUT2D eigenvalue weighted by Gasteiger charge is -2.26. The summed E-state index contributed by atoms with van der Waals surface area (Å²) in [5.41, 5.74) is -0.870. The Bertz CT molecular complexity index is 4020. The van der Waals surface area contributed by atoms with Gasteiger partial charge in [-0.05, 0) is 126 Å². The van der Waals surface area contributed by atoms with Crippen LogP contribution in [0.5, 0.6) is 0 Å². The van der Waals surface area contributed by atoms with E-state index in [0.29, 0.717) is 37.9 Å². The Kier molecular flexibility index (Phi) is 5.10. The number of anilines is 3. The molecule has 0 N–H and O–H groups in total. The molecule has 10 aromatic carbocycles. The maximum atomic E-state index is 9.82. The van der Waals surface area contributed by atoms with Gasteiger partial charge in [0.25, 0.3) is 0 Å². The Morgan fingerprint density at radius 2 is 0.825 bits per heavy atom. The number of benzene rings is 10. The van der Waals surface area contributed by atoms with Crippen molar-refractivity contribution in [2.24, 2.45) is 0 Å². The number of fused-ring (bicyclic) bond motifs is 2. The Labute approximate surface area is 361 Å². The lowest BCUT2D eigenvalue weighted by Crippen LogP contribution is -2.09. The molecule has 0 aliphatic carbocycles. The highest BCUT2D eigenvalue weighted by Crippen LogP contribution is 2.42. The lowest BCUT2D eigenvalue weighted by molar-refractivity contribution is 1.28. The molecule has 0 saturated carbocycles. The van der Waals surface area contributed by atoms with Gasteiger partial charge in [-0.15, -0.1) is 0 Å². The van der Waals surface area contributed by atoms with Crippen molar-refractivity contribution >= 4 is 38.6 Å². The molecule has 0 spiro atoms. The van der Waals surface area contributed by atoms with Crippen molar-refractivity contribution in [3.8, 4) is 55.6 Å². The molecule has 10 rings (SSSR count). The summed E-state index contributed by atoms with van der Waals surface area (Å²) < 4.78 is 176. The first kappa shape index (κ1) is 19.4. The minimum absolute atomic E-state index is 0.163. The van der Waals surface area contributed by atoms with Crippen LogP contribution in [0, 0.1) is 0 Å². The minimum atomic E-state index is -1.03. The maximum absolute atomic E-state index is 9.82. The van der Waals surface area contributed by atoms with E-state index in [2.05, 4.69) is 0 Å². The summed E-state index contributed by atoms with van der Waals surface area (Å²) in [7, 11) is 0. The molecule has 0 unspecified atom stereocenters. The largest absolute Gasteiger partial charge is 0.311 e. The molecular formula is C56H39N. The van der Waals surface area contributed by atoms with E-state index >= 15 is 0 Å². The third kappa shape index (κ3) is 6.77. The first-order valence-corrected chi connectivity index (χ1v) is 18.1. The first-order chi connectivity index (χ1) is 36.2. The van der Waals surface area contributed by atoms with Crippen molar-refractivity contribution in [1.82, 2.24) is 0 Å². The van der Waals surface area contributed by atoms with Crippen molar-refractivity contribution < 1.29 is 26.0 Å². The van der Waals surface area contributed by atoms with Crippen LogP contribution in [0.2, 0.25) is 0 Å². The van der Waals surface area contributed by atoms with E-state index in [1.54, 1.807) is 60.7 Å². The molecule has 10 aromatic rings. The highest BCUT2D eigenvalue weighted by molar-refractivity contribution is 6.04. The van der Waals surface area contributed by atoms with Crippen molar-refractivity contribution in [2.75, 3.05) is 4.90 Å². The highest BCUT2D eigenvalue weighted by atomic mass is 15.1. The zero-order valence-corrected chi connectivity index (χ0v) is 30.0. The second kappa shape index (κ2) is 15.0. The molecular weight excluding hydrogens is 687 g/mol. The van der Waals surface area contributed by atoms with Crippen molar-refractivity contribution in [1.29, 1.82) is 0 Å². The summed E-state index contributed by atoms with van der Waals surface area (Å²) in [6.07, 6.45) is 0. The number of nitrogens with zero attached hydrogens (tertiary/aromatic N) is 1. The smallest absolute Gasteiger partial charge is 0.0645 e. The third-order valence-electron chi connectivity index (χ3n) is 9.53. The third-order valence-corrected chi connectivity index (χ3v) is 9.53. The van der Waals surface area contributed by atoms with Gasteiger partial charge in [-0.1, -0.05) is 188 Å². The number of hydrogen-bond acceptors (Lipinski definition) is 1. The van der Waals surface area contributed by atoms with Gasteiger partial charge in [0.1, 0.15) is 0 Å². The second-order valence-electron chi connectivity index (χ2n) is 13.0. The van der Waals surface area contributed by atoms with Crippen LogP contribution in [-0.2, 0) is 0 Å². The summed E-state index contributed by atoms with van der Waals surface area (Å²) in [6.45, 7) is 0. The van der Waals surface area contributed by atoms with Crippen LogP contribution in [0.3, 0.4) is 0 Å². The van der Waals surface area contributed by atoms with Gasteiger partial charge in [0.05, 0.1) is 26.0 Å². The zero-order chi connectivity index (χ0) is 54.5. The highest BCUT2D eigenvalue weighted by Gasteiger charge is 2.16. The molecule has 0 aliphatic heterocycles. The maximum Gasteiger partial charge on any atom is 0.0645 e. The van der Waals surface area contributed by atoms with E-state index in [1.807, 2.05) is 60.7 Å². The molecule has 268 valence electrons. The average molecular weight is 745 g/mol. The molecule has 0 saturated heterocycles. The summed E-state index contributed by atoms with van der Waals surface area (Å²) in [4.78, 5) is 0.664. The van der Waals surface area contributed by atoms with E-state index in [9.17, 15) is 17.8 Å². The van der Waals surface area contributed by atoms with Crippen LogP contribution in [0.1, 0.15) is 26.0 Å². The predicted molar refractivity (Wildman–Crippen MR) is 243 cm³/mol. The molecule has 1 heteroatoms. The topological polar surface area (TPSA) is 3.24 Å². The SMILES string of the molecule is [2H]c1c([2H])c(N(c2c([2H])c([2H])c(-c3c([2H])c([2H])c4c([2H])c([2H])c([2H])c([2H])c4c3[2H])c([2H])c2[2H])c2c([2H])c([2H])c(-c3c(-c4ccccc4)ccc4ccccc34)c([2H])c2[2H])c([2H])c([2H])c1-c1cccc(-c2ccccc2)c1. The normalized spacial score (nSPS) is 15.8. The molecule has 0 fully saturated rings. The Morgan fingerprint density at radius 3 is 1.49 bits per heavy atom. The predicted octanol–water partition coefficient (Wildman–Crippen LogP) is 15.8. The molecule has 0 aromatic heterocycles. The fourth-order valence-electron chi connectivity index (χ4n) is 6.77. The fraction of sp³-hybridized carbons (Fsp3) is 0. The van der Waals surface area contributed by atoms with Crippen molar-refractivity contribution in [2.45, 2.75) is 0 Å². The van der Waals surface area contributed by atoms with Crippen LogP contribution in [-0.4, -0.2) is 0 Å². The molecule has 57 heavy (non-hydrogen) atoms. The van der Waals surface area contributed by atoms with Crippen LogP contribution >= 0.6 is 0 Å². The molecule has 0 heterocycles. The molecule has 0 radical (unpaired) electrons. The molecule has 0 atom stereocenters. The summed E-state index contributed by atoms with van der Waals surface area (Å²) in [6, 6.07) is 20.5. The van der Waals surface area contributed by atoms with E-state index in [1.165, 1.54) is 0 Å². The van der Waals surface area contributed by atoms with E-state index < -0.39 is 154 Å². The van der Waals surface area contributed by atoms with Crippen molar-refractivity contribution in [3.63, 3.8) is 0 Å². The van der Waals surface area contributed by atoms with Gasteiger partial charge < -0.3 is 4.90 Å². The fourth-order valence-corrected chi connectivity index (χ4v) is 6.77. The Hall–Kier alpha value is -7.48. The Balaban J connectivity index is 1.30. The molecule has 0 amide bonds. The van der Waals surface area contributed by atoms with Gasteiger partial charge in [-0.3, -0.25) is 0 Å². The second-order valence-corrected chi connectivity index (χ2v) is 13.0. The van der Waals surface area contributed by atoms with Gasteiger partial charge in [0.15, 0.2) is 0 Å². The summed E-state index contributed by atoms with van der Waals surface area (Å²) >= 11 is 0. The van der Waals surface area contributed by atoms with E-state index in [0.717, 1.165) is 5.56 Å². The van der Waals surface area contributed by atoms with Gasteiger partial charge >= 0.3 is 0 Å². The van der Waals surface area contributed by atoms with Gasteiger partial charge in [-0.2, -0.15) is 0 Å². The van der Waals surface area contributed by atoms with Crippen LogP contribution < -0.4 is 4.90 Å². The standard InChI is InChI=1S/C56H39N/c1-3-12-40(13-4-1)48-19-11-20-49(38-48)42-24-31-51(32-25-42)57(52-33-26-43(27-34-52)50-23-22-41-14-7-8-18-47(41)39-50)53-35-28-46(29-36-53)56-54-21-10-9-17-45(54)30-37-55(56)44-15-5-2-6-16-44/h1-39H/i7D,8D,14D,18D,22D,23D,24D,25D,26D,27D,28D,29D,31D,32D,33D,34D,35D,36D,39D. The summed E-state index contributed by atoms with van der Waals surface area (Å²) in [5, 5.41) is 0.275. The van der Waals surface area contributed by atoms with Crippen LogP contribution in [0.4, 0.5) is 17.1 Å². The van der Waals surface area contributed by atoms with Crippen LogP contribution in [0.25, 0.3) is 77.2 Å². The van der Waals surface area contributed by atoms with E-state index in [4.69, 9.17) is 8.22 Å². The van der Waals surface area contributed by atoms with Crippen LogP contribution in [0.15, 0.2) is 236 Å². The van der Waals surface area contributed by atoms with E-state index in [-0.39, 0.29) is 16.7 Å².